The van der Waals surface area contributed by atoms with Crippen molar-refractivity contribution in [2.45, 2.75) is 18.5 Å². The Hall–Kier alpha value is -2.06. The van der Waals surface area contributed by atoms with Gasteiger partial charge in [-0.2, -0.15) is 18.3 Å². The van der Waals surface area contributed by atoms with E-state index in [1.807, 2.05) is 13.2 Å². The van der Waals surface area contributed by atoms with Crippen molar-refractivity contribution < 1.29 is 18.0 Å². The van der Waals surface area contributed by atoms with E-state index in [1.54, 1.807) is 16.9 Å². The number of aromatic nitrogens is 2. The van der Waals surface area contributed by atoms with Crippen LogP contribution in [0.4, 0.5) is 18.9 Å². The van der Waals surface area contributed by atoms with E-state index in [9.17, 15) is 18.0 Å². The van der Waals surface area contributed by atoms with Crippen LogP contribution in [0.2, 0.25) is 0 Å². The number of rotatable bonds is 4. The molecular weight excluding hydrogens is 369 g/mol. The molecule has 9 heteroatoms. The second-order valence-corrected chi connectivity index (χ2v) is 6.30. The Morgan fingerprint density at radius 1 is 1.38 bits per heavy atom. The molecule has 1 aliphatic heterocycles. The number of carbonyl (C=O) groups is 1. The van der Waals surface area contributed by atoms with Crippen LogP contribution in [0.1, 0.15) is 17.0 Å². The molecule has 1 saturated heterocycles. The summed E-state index contributed by atoms with van der Waals surface area (Å²) < 4.78 is 39.2. The van der Waals surface area contributed by atoms with Gasteiger partial charge in [0.15, 0.2) is 0 Å². The molecule has 0 saturated carbocycles. The average molecular weight is 389 g/mol. The number of nitrogens with one attached hydrogen (secondary N) is 2. The molecular formula is C17H20ClF3N4O. The number of nitrogens with zero attached hydrogens (tertiary/aromatic N) is 2. The van der Waals surface area contributed by atoms with E-state index >= 15 is 0 Å². The minimum Gasteiger partial charge on any atom is -0.326 e. The summed E-state index contributed by atoms with van der Waals surface area (Å²) in [5.41, 5.74) is 1.47. The molecule has 2 heterocycles. The highest BCUT2D eigenvalue weighted by Crippen LogP contribution is 2.29. The van der Waals surface area contributed by atoms with Gasteiger partial charge >= 0.3 is 6.18 Å². The number of amides is 1. The van der Waals surface area contributed by atoms with Crippen LogP contribution in [-0.4, -0.2) is 35.0 Å². The quantitative estimate of drug-likeness (QED) is 0.846. The fraction of sp³-hybridized carbons (Fsp3) is 0.412. The SMILES string of the molecule is Cl.Cn1cc([C@H]2CNC[C@@H]2C(=O)Nc2cccc(CC(F)(F)F)c2)cn1. The molecule has 1 amide bonds. The third kappa shape index (κ3) is 4.98. The summed E-state index contributed by atoms with van der Waals surface area (Å²) in [7, 11) is 1.81. The van der Waals surface area contributed by atoms with Gasteiger partial charge in [0.05, 0.1) is 18.5 Å². The van der Waals surface area contributed by atoms with E-state index in [-0.39, 0.29) is 35.7 Å². The Kier molecular flexibility index (Phi) is 6.30. The van der Waals surface area contributed by atoms with Crippen molar-refractivity contribution in [2.24, 2.45) is 13.0 Å². The highest BCUT2D eigenvalue weighted by atomic mass is 35.5. The Labute approximate surface area is 155 Å². The fourth-order valence-corrected chi connectivity index (χ4v) is 3.16. The number of anilines is 1. The van der Waals surface area contributed by atoms with Crippen LogP contribution in [0.15, 0.2) is 36.7 Å². The van der Waals surface area contributed by atoms with Crippen LogP contribution in [0.5, 0.6) is 0 Å². The van der Waals surface area contributed by atoms with E-state index in [0.29, 0.717) is 18.8 Å². The molecule has 0 bridgehead atoms. The molecule has 2 atom stereocenters. The Balaban J connectivity index is 0.00000243. The van der Waals surface area contributed by atoms with Gasteiger partial charge in [-0.05, 0) is 23.3 Å². The largest absolute Gasteiger partial charge is 0.393 e. The number of aryl methyl sites for hydroxylation is 1. The van der Waals surface area contributed by atoms with Crippen LogP contribution < -0.4 is 10.6 Å². The molecule has 1 aliphatic rings. The predicted molar refractivity (Wildman–Crippen MR) is 94.4 cm³/mol. The molecule has 142 valence electrons. The second kappa shape index (κ2) is 8.09. The molecule has 3 rings (SSSR count). The molecule has 26 heavy (non-hydrogen) atoms. The molecule has 5 nitrogen and oxygen atoms in total. The number of carbonyl (C=O) groups excluding carboxylic acids is 1. The van der Waals surface area contributed by atoms with Crippen molar-refractivity contribution in [3.63, 3.8) is 0 Å². The lowest BCUT2D eigenvalue weighted by Gasteiger charge is -2.17. The smallest absolute Gasteiger partial charge is 0.326 e. The van der Waals surface area contributed by atoms with Crippen LogP contribution in [-0.2, 0) is 18.3 Å². The summed E-state index contributed by atoms with van der Waals surface area (Å²) in [5, 5.41) is 10.1. The lowest BCUT2D eigenvalue weighted by Crippen LogP contribution is -2.28. The number of alkyl halides is 3. The first-order valence-electron chi connectivity index (χ1n) is 7.97. The highest BCUT2D eigenvalue weighted by molar-refractivity contribution is 5.93. The maximum absolute atomic E-state index is 12.6. The van der Waals surface area contributed by atoms with Crippen molar-refractivity contribution in [2.75, 3.05) is 18.4 Å². The molecule has 0 unspecified atom stereocenters. The molecule has 0 radical (unpaired) electrons. The minimum atomic E-state index is -4.27. The highest BCUT2D eigenvalue weighted by Gasteiger charge is 2.35. The van der Waals surface area contributed by atoms with Crippen LogP contribution in [0, 0.1) is 5.92 Å². The van der Waals surface area contributed by atoms with Crippen molar-refractivity contribution in [3.8, 4) is 0 Å². The zero-order valence-corrected chi connectivity index (χ0v) is 14.9. The van der Waals surface area contributed by atoms with Gasteiger partial charge in [-0.15, -0.1) is 12.4 Å². The first kappa shape index (κ1) is 20.3. The molecule has 0 aliphatic carbocycles. The number of hydrogen-bond acceptors (Lipinski definition) is 3. The zero-order valence-electron chi connectivity index (χ0n) is 14.1. The maximum atomic E-state index is 12.6. The monoisotopic (exact) mass is 388 g/mol. The van der Waals surface area contributed by atoms with Gasteiger partial charge < -0.3 is 10.6 Å². The van der Waals surface area contributed by atoms with Gasteiger partial charge in [0, 0.05) is 37.9 Å². The third-order valence-electron chi connectivity index (χ3n) is 4.30. The van der Waals surface area contributed by atoms with E-state index < -0.39 is 12.6 Å². The van der Waals surface area contributed by atoms with E-state index in [4.69, 9.17) is 0 Å². The Morgan fingerprint density at radius 3 is 2.81 bits per heavy atom. The zero-order chi connectivity index (χ0) is 18.0. The first-order valence-corrected chi connectivity index (χ1v) is 7.97. The van der Waals surface area contributed by atoms with Crippen molar-refractivity contribution in [1.29, 1.82) is 0 Å². The molecule has 2 aromatic rings. The molecule has 1 aromatic carbocycles. The minimum absolute atomic E-state index is 0. The van der Waals surface area contributed by atoms with Crippen LogP contribution >= 0.6 is 12.4 Å². The van der Waals surface area contributed by atoms with E-state index in [0.717, 1.165) is 5.56 Å². The first-order chi connectivity index (χ1) is 11.8. The lowest BCUT2D eigenvalue weighted by molar-refractivity contribution is -0.127. The van der Waals surface area contributed by atoms with Crippen LogP contribution in [0.3, 0.4) is 0 Å². The summed E-state index contributed by atoms with van der Waals surface area (Å²) in [6.07, 6.45) is -1.67. The fourth-order valence-electron chi connectivity index (χ4n) is 3.16. The third-order valence-corrected chi connectivity index (χ3v) is 4.30. The Morgan fingerprint density at radius 2 is 2.15 bits per heavy atom. The average Bonchev–Trinajstić information content (AvgIpc) is 3.14. The summed E-state index contributed by atoms with van der Waals surface area (Å²) in [6, 6.07) is 5.88. The topological polar surface area (TPSA) is 59.0 Å². The second-order valence-electron chi connectivity index (χ2n) is 6.30. The van der Waals surface area contributed by atoms with Crippen LogP contribution in [0.25, 0.3) is 0 Å². The maximum Gasteiger partial charge on any atom is 0.393 e. The van der Waals surface area contributed by atoms with Gasteiger partial charge in [-0.1, -0.05) is 12.1 Å². The van der Waals surface area contributed by atoms with Gasteiger partial charge in [0.25, 0.3) is 0 Å². The molecule has 2 N–H and O–H groups in total. The standard InChI is InChI=1S/C17H19F3N4O.ClH/c1-24-10-12(7-22-24)14-8-21-9-15(14)16(25)23-13-4-2-3-11(5-13)6-17(18,19)20;/h2-5,7,10,14-15,21H,6,8-9H2,1H3,(H,23,25);1H/t14-,15+;/m1./s1. The van der Waals surface area contributed by atoms with Gasteiger partial charge in [0.2, 0.25) is 5.91 Å². The summed E-state index contributed by atoms with van der Waals surface area (Å²) in [5.74, 6) is -0.509. The number of halogens is 4. The van der Waals surface area contributed by atoms with Crippen molar-refractivity contribution >= 4 is 24.0 Å². The van der Waals surface area contributed by atoms with Gasteiger partial charge in [-0.25, -0.2) is 0 Å². The summed E-state index contributed by atoms with van der Waals surface area (Å²) >= 11 is 0. The lowest BCUT2D eigenvalue weighted by atomic mass is 9.90. The molecule has 1 aromatic heterocycles. The Bertz CT molecular complexity index is 762. The summed E-state index contributed by atoms with van der Waals surface area (Å²) in [4.78, 5) is 12.6. The van der Waals surface area contributed by atoms with Gasteiger partial charge in [0.1, 0.15) is 0 Å². The van der Waals surface area contributed by atoms with Crippen molar-refractivity contribution in [3.05, 3.63) is 47.8 Å². The van der Waals surface area contributed by atoms with Gasteiger partial charge in [-0.3, -0.25) is 9.48 Å². The van der Waals surface area contributed by atoms with Crippen molar-refractivity contribution in [1.82, 2.24) is 15.1 Å². The number of benzene rings is 1. The summed E-state index contributed by atoms with van der Waals surface area (Å²) in [6.45, 7) is 1.19. The molecule has 1 fully saturated rings. The normalized spacial score (nSPS) is 19.8. The molecule has 0 spiro atoms. The predicted octanol–water partition coefficient (Wildman–Crippen LogP) is 2.89. The van der Waals surface area contributed by atoms with E-state index in [2.05, 4.69) is 15.7 Å². The number of hydrogen-bond donors (Lipinski definition) is 2. The van der Waals surface area contributed by atoms with E-state index in [1.165, 1.54) is 18.2 Å².